The predicted octanol–water partition coefficient (Wildman–Crippen LogP) is 2.09. The zero-order valence-corrected chi connectivity index (χ0v) is 9.46. The lowest BCUT2D eigenvalue weighted by Crippen LogP contribution is -2.38. The first-order valence-electron chi connectivity index (χ1n) is 5.26. The predicted molar refractivity (Wildman–Crippen MR) is 61.5 cm³/mol. The molecule has 1 aliphatic heterocycles. The number of nitrogens with two attached hydrogens (primary N) is 1. The minimum Gasteiger partial charge on any atom is -0.330 e. The number of piperidine rings is 1. The smallest absolute Gasteiger partial charge is 0.0478 e. The van der Waals surface area contributed by atoms with Crippen molar-refractivity contribution < 1.29 is 0 Å². The molecule has 0 spiro atoms. The highest BCUT2D eigenvalue weighted by Crippen LogP contribution is 2.36. The van der Waals surface area contributed by atoms with E-state index in [0.29, 0.717) is 12.0 Å². The molecule has 78 valence electrons. The summed E-state index contributed by atoms with van der Waals surface area (Å²) in [4.78, 5) is 3.93. The topological polar surface area (TPSA) is 29.3 Å². The van der Waals surface area contributed by atoms with Gasteiger partial charge >= 0.3 is 0 Å². The van der Waals surface area contributed by atoms with E-state index >= 15 is 0 Å². The van der Waals surface area contributed by atoms with Crippen molar-refractivity contribution >= 4 is 11.3 Å². The molecule has 0 radical (unpaired) electrons. The molecule has 0 bridgehead atoms. The van der Waals surface area contributed by atoms with Crippen LogP contribution in [0.2, 0.25) is 0 Å². The second-order valence-electron chi connectivity index (χ2n) is 4.08. The lowest BCUT2D eigenvalue weighted by Gasteiger charge is -2.38. The van der Waals surface area contributed by atoms with E-state index in [1.54, 1.807) is 0 Å². The molecule has 2 rings (SSSR count). The van der Waals surface area contributed by atoms with Gasteiger partial charge in [0.1, 0.15) is 0 Å². The third-order valence-corrected chi connectivity index (χ3v) is 4.09. The summed E-state index contributed by atoms with van der Waals surface area (Å²) >= 11 is 1.86. The number of hydrogen-bond donors (Lipinski definition) is 1. The molecule has 0 unspecified atom stereocenters. The van der Waals surface area contributed by atoms with Crippen LogP contribution in [0.3, 0.4) is 0 Å². The van der Waals surface area contributed by atoms with Crippen LogP contribution in [0.4, 0.5) is 0 Å². The Morgan fingerprint density at radius 3 is 3.14 bits per heavy atom. The molecule has 0 amide bonds. The van der Waals surface area contributed by atoms with Crippen molar-refractivity contribution in [1.29, 1.82) is 0 Å². The van der Waals surface area contributed by atoms with E-state index < -0.39 is 0 Å². The zero-order valence-electron chi connectivity index (χ0n) is 8.65. The van der Waals surface area contributed by atoms with Crippen molar-refractivity contribution in [3.63, 3.8) is 0 Å². The average molecular weight is 210 g/mol. The van der Waals surface area contributed by atoms with Gasteiger partial charge in [-0.15, -0.1) is 11.3 Å². The minimum absolute atomic E-state index is 0.564. The van der Waals surface area contributed by atoms with Gasteiger partial charge in [-0.25, -0.2) is 0 Å². The molecule has 2 nitrogen and oxygen atoms in total. The van der Waals surface area contributed by atoms with E-state index in [1.807, 2.05) is 11.3 Å². The Morgan fingerprint density at radius 1 is 1.64 bits per heavy atom. The largest absolute Gasteiger partial charge is 0.330 e. The number of thiophene rings is 1. The highest BCUT2D eigenvalue weighted by molar-refractivity contribution is 7.10. The van der Waals surface area contributed by atoms with Crippen molar-refractivity contribution in [2.24, 2.45) is 11.7 Å². The second kappa shape index (κ2) is 4.43. The molecule has 1 fully saturated rings. The second-order valence-corrected chi connectivity index (χ2v) is 5.06. The van der Waals surface area contributed by atoms with Crippen LogP contribution in [0.5, 0.6) is 0 Å². The van der Waals surface area contributed by atoms with Crippen LogP contribution in [0.15, 0.2) is 17.5 Å². The van der Waals surface area contributed by atoms with E-state index in [-0.39, 0.29) is 0 Å². The van der Waals surface area contributed by atoms with Crippen LogP contribution >= 0.6 is 11.3 Å². The highest BCUT2D eigenvalue weighted by Gasteiger charge is 2.29. The molecule has 0 aliphatic carbocycles. The van der Waals surface area contributed by atoms with Crippen LogP contribution in [0.25, 0.3) is 0 Å². The van der Waals surface area contributed by atoms with Crippen LogP contribution in [-0.4, -0.2) is 25.0 Å². The Hall–Kier alpha value is -0.380. The first-order chi connectivity index (χ1) is 6.83. The van der Waals surface area contributed by atoms with Crippen LogP contribution < -0.4 is 5.73 Å². The summed E-state index contributed by atoms with van der Waals surface area (Å²) in [6.07, 6.45) is 2.57. The van der Waals surface area contributed by atoms with Gasteiger partial charge in [0, 0.05) is 10.9 Å². The van der Waals surface area contributed by atoms with Gasteiger partial charge in [0.15, 0.2) is 0 Å². The van der Waals surface area contributed by atoms with Crippen molar-refractivity contribution in [3.05, 3.63) is 22.4 Å². The number of hydrogen-bond acceptors (Lipinski definition) is 3. The van der Waals surface area contributed by atoms with E-state index in [4.69, 9.17) is 5.73 Å². The maximum atomic E-state index is 5.84. The van der Waals surface area contributed by atoms with Crippen molar-refractivity contribution in [3.8, 4) is 0 Å². The average Bonchev–Trinajstić information content (AvgIpc) is 2.70. The molecule has 3 heteroatoms. The lowest BCUT2D eigenvalue weighted by atomic mass is 9.88. The molecule has 14 heavy (non-hydrogen) atoms. The van der Waals surface area contributed by atoms with Gasteiger partial charge in [-0.3, -0.25) is 4.90 Å². The number of rotatable bonds is 2. The van der Waals surface area contributed by atoms with E-state index in [2.05, 4.69) is 29.5 Å². The molecule has 2 heterocycles. The normalized spacial score (nSPS) is 29.3. The molecule has 1 aromatic rings. The minimum atomic E-state index is 0.564. The van der Waals surface area contributed by atoms with Gasteiger partial charge in [-0.05, 0) is 50.3 Å². The quantitative estimate of drug-likeness (QED) is 0.810. The summed E-state index contributed by atoms with van der Waals surface area (Å²) in [5.41, 5.74) is 5.84. The van der Waals surface area contributed by atoms with Gasteiger partial charge in [0.25, 0.3) is 0 Å². The van der Waals surface area contributed by atoms with Crippen LogP contribution in [0.1, 0.15) is 23.8 Å². The Bertz CT molecular complexity index is 271. The van der Waals surface area contributed by atoms with Crippen molar-refractivity contribution in [2.45, 2.75) is 18.9 Å². The summed E-state index contributed by atoms with van der Waals surface area (Å²) in [5, 5.41) is 2.16. The molecule has 0 saturated carbocycles. The standard InChI is InChI=1S/C11H18N2S/c1-13-6-2-4-9(8-12)11(13)10-5-3-7-14-10/h3,5,7,9,11H,2,4,6,8,12H2,1H3/t9-,11-/m1/s1. The molecule has 2 N–H and O–H groups in total. The van der Waals surface area contributed by atoms with E-state index in [9.17, 15) is 0 Å². The highest BCUT2D eigenvalue weighted by atomic mass is 32.1. The first-order valence-corrected chi connectivity index (χ1v) is 6.14. The fraction of sp³-hybridized carbons (Fsp3) is 0.636. The Morgan fingerprint density at radius 2 is 2.50 bits per heavy atom. The molecule has 0 aromatic carbocycles. The molecule has 2 atom stereocenters. The molecule has 1 saturated heterocycles. The summed E-state index contributed by atoms with van der Waals surface area (Å²) < 4.78 is 0. The Kier molecular flexibility index (Phi) is 3.21. The Balaban J connectivity index is 2.19. The van der Waals surface area contributed by atoms with Gasteiger partial charge in [0.05, 0.1) is 0 Å². The number of likely N-dealkylation sites (tertiary alicyclic amines) is 1. The summed E-state index contributed by atoms with van der Waals surface area (Å²) in [5.74, 6) is 0.646. The lowest BCUT2D eigenvalue weighted by molar-refractivity contribution is 0.128. The number of nitrogens with zero attached hydrogens (tertiary/aromatic N) is 1. The monoisotopic (exact) mass is 210 g/mol. The van der Waals surface area contributed by atoms with E-state index in [1.165, 1.54) is 24.3 Å². The SMILES string of the molecule is CN1CCC[C@H](CN)[C@@H]1c1cccs1. The van der Waals surface area contributed by atoms with E-state index in [0.717, 1.165) is 6.54 Å². The van der Waals surface area contributed by atoms with Crippen LogP contribution in [-0.2, 0) is 0 Å². The summed E-state index contributed by atoms with van der Waals surface area (Å²) in [6.45, 7) is 2.02. The third kappa shape index (κ3) is 1.85. The molecule has 1 aliphatic rings. The first kappa shape index (κ1) is 10.1. The van der Waals surface area contributed by atoms with Crippen molar-refractivity contribution in [2.75, 3.05) is 20.1 Å². The fourth-order valence-corrected chi connectivity index (χ4v) is 3.40. The summed E-state index contributed by atoms with van der Waals surface area (Å²) in [6, 6.07) is 4.93. The third-order valence-electron chi connectivity index (χ3n) is 3.14. The van der Waals surface area contributed by atoms with Gasteiger partial charge < -0.3 is 5.73 Å². The van der Waals surface area contributed by atoms with Gasteiger partial charge in [-0.2, -0.15) is 0 Å². The fourth-order valence-electron chi connectivity index (χ4n) is 2.42. The maximum Gasteiger partial charge on any atom is 0.0478 e. The van der Waals surface area contributed by atoms with Crippen molar-refractivity contribution in [1.82, 2.24) is 4.90 Å². The molecular weight excluding hydrogens is 192 g/mol. The molecular formula is C11H18N2S. The van der Waals surface area contributed by atoms with Gasteiger partial charge in [-0.1, -0.05) is 6.07 Å². The zero-order chi connectivity index (χ0) is 9.97. The maximum absolute atomic E-state index is 5.84. The van der Waals surface area contributed by atoms with Crippen LogP contribution in [0, 0.1) is 5.92 Å². The molecule has 1 aromatic heterocycles. The summed E-state index contributed by atoms with van der Waals surface area (Å²) in [7, 11) is 2.21. The Labute approximate surface area is 89.7 Å². The van der Waals surface area contributed by atoms with Gasteiger partial charge in [0.2, 0.25) is 0 Å².